The van der Waals surface area contributed by atoms with E-state index < -0.39 is 0 Å². The Hall–Kier alpha value is -0.590. The molecule has 1 heteroatoms. The summed E-state index contributed by atoms with van der Waals surface area (Å²) in [5, 5.41) is 0. The Kier molecular flexibility index (Phi) is 0.850. The van der Waals surface area contributed by atoms with Crippen molar-refractivity contribution in [2.24, 2.45) is 17.8 Å². The number of rotatable bonds is 0. The van der Waals surface area contributed by atoms with Crippen LogP contribution in [0.5, 0.6) is 0 Å². The maximum absolute atomic E-state index is 11.0. The fraction of sp³-hybridized carbons (Fsp3) is 0.625. The highest BCUT2D eigenvalue weighted by Crippen LogP contribution is 2.43. The maximum Gasteiger partial charge on any atom is 0.140 e. The standard InChI is InChI=1S/C8H10O/c1-5-6-3-2-4-7(6)8(5)9/h2-3,5-7H,4H2,1H3/t5-,6+,7+/m0/s1. The molecule has 1 nitrogen and oxygen atoms in total. The van der Waals surface area contributed by atoms with E-state index in [1.165, 1.54) is 0 Å². The van der Waals surface area contributed by atoms with Gasteiger partial charge in [-0.1, -0.05) is 19.1 Å². The van der Waals surface area contributed by atoms with E-state index in [1.54, 1.807) is 0 Å². The largest absolute Gasteiger partial charge is 0.299 e. The minimum Gasteiger partial charge on any atom is -0.299 e. The molecule has 1 fully saturated rings. The van der Waals surface area contributed by atoms with Gasteiger partial charge in [0.05, 0.1) is 0 Å². The molecule has 0 amide bonds. The lowest BCUT2D eigenvalue weighted by Gasteiger charge is -2.35. The zero-order valence-electron chi connectivity index (χ0n) is 5.50. The summed E-state index contributed by atoms with van der Waals surface area (Å²) in [6.45, 7) is 2.03. The summed E-state index contributed by atoms with van der Waals surface area (Å²) < 4.78 is 0. The second-order valence-corrected chi connectivity index (χ2v) is 3.04. The third kappa shape index (κ3) is 0.473. The summed E-state index contributed by atoms with van der Waals surface area (Å²) in [5.74, 6) is 1.80. The Morgan fingerprint density at radius 3 is 3.11 bits per heavy atom. The van der Waals surface area contributed by atoms with Gasteiger partial charge >= 0.3 is 0 Å². The van der Waals surface area contributed by atoms with Gasteiger partial charge in [0.25, 0.3) is 0 Å². The number of carbonyl (C=O) groups excluding carboxylic acids is 1. The number of hydrogen-bond donors (Lipinski definition) is 0. The van der Waals surface area contributed by atoms with Crippen LogP contribution >= 0.6 is 0 Å². The van der Waals surface area contributed by atoms with Crippen LogP contribution in [-0.2, 0) is 4.79 Å². The van der Waals surface area contributed by atoms with Gasteiger partial charge < -0.3 is 0 Å². The van der Waals surface area contributed by atoms with Crippen molar-refractivity contribution in [2.75, 3.05) is 0 Å². The van der Waals surface area contributed by atoms with E-state index in [4.69, 9.17) is 0 Å². The third-order valence-corrected chi connectivity index (χ3v) is 2.60. The Balaban J connectivity index is 2.21. The molecule has 3 atom stereocenters. The Labute approximate surface area is 54.8 Å². The molecular formula is C8H10O. The molecule has 2 rings (SSSR count). The van der Waals surface area contributed by atoms with Crippen molar-refractivity contribution in [1.29, 1.82) is 0 Å². The lowest BCUT2D eigenvalue weighted by molar-refractivity contribution is -0.138. The van der Waals surface area contributed by atoms with E-state index in [0.29, 0.717) is 23.5 Å². The van der Waals surface area contributed by atoms with Crippen molar-refractivity contribution >= 4 is 5.78 Å². The molecule has 2 aliphatic rings. The van der Waals surface area contributed by atoms with Crippen molar-refractivity contribution < 1.29 is 4.79 Å². The Morgan fingerprint density at radius 2 is 2.44 bits per heavy atom. The first kappa shape index (κ1) is 5.21. The summed E-state index contributed by atoms with van der Waals surface area (Å²) in [7, 11) is 0. The predicted molar refractivity (Wildman–Crippen MR) is 34.9 cm³/mol. The second-order valence-electron chi connectivity index (χ2n) is 3.04. The van der Waals surface area contributed by atoms with Crippen LogP contribution in [0, 0.1) is 17.8 Å². The van der Waals surface area contributed by atoms with E-state index in [0.717, 1.165) is 6.42 Å². The van der Waals surface area contributed by atoms with Crippen molar-refractivity contribution in [2.45, 2.75) is 13.3 Å². The van der Waals surface area contributed by atoms with Crippen LogP contribution in [0.4, 0.5) is 0 Å². The lowest BCUT2D eigenvalue weighted by atomic mass is 9.66. The summed E-state index contributed by atoms with van der Waals surface area (Å²) in [5.41, 5.74) is 0. The van der Waals surface area contributed by atoms with Crippen molar-refractivity contribution in [3.63, 3.8) is 0 Å². The lowest BCUT2D eigenvalue weighted by Crippen LogP contribution is -2.42. The van der Waals surface area contributed by atoms with Gasteiger partial charge in [-0.25, -0.2) is 0 Å². The molecule has 9 heavy (non-hydrogen) atoms. The monoisotopic (exact) mass is 122 g/mol. The number of carbonyl (C=O) groups is 1. The molecule has 0 aliphatic heterocycles. The molecule has 0 N–H and O–H groups in total. The zero-order chi connectivity index (χ0) is 6.43. The molecule has 0 heterocycles. The minimum absolute atomic E-state index is 0.328. The molecule has 0 aromatic heterocycles. The van der Waals surface area contributed by atoms with Crippen LogP contribution in [0.25, 0.3) is 0 Å². The maximum atomic E-state index is 11.0. The smallest absolute Gasteiger partial charge is 0.140 e. The van der Waals surface area contributed by atoms with Crippen LogP contribution in [-0.4, -0.2) is 5.78 Å². The highest BCUT2D eigenvalue weighted by molar-refractivity contribution is 5.91. The summed E-state index contributed by atoms with van der Waals surface area (Å²) >= 11 is 0. The quantitative estimate of drug-likeness (QED) is 0.444. The van der Waals surface area contributed by atoms with Gasteiger partial charge in [0.15, 0.2) is 0 Å². The van der Waals surface area contributed by atoms with E-state index in [1.807, 2.05) is 6.92 Å². The van der Waals surface area contributed by atoms with Gasteiger partial charge in [-0.05, 0) is 12.3 Å². The second kappa shape index (κ2) is 1.47. The fourth-order valence-electron chi connectivity index (χ4n) is 1.90. The van der Waals surface area contributed by atoms with Crippen LogP contribution in [0.2, 0.25) is 0 Å². The van der Waals surface area contributed by atoms with Gasteiger partial charge in [0.1, 0.15) is 5.78 Å². The molecule has 0 unspecified atom stereocenters. The topological polar surface area (TPSA) is 17.1 Å². The van der Waals surface area contributed by atoms with Crippen molar-refractivity contribution in [3.8, 4) is 0 Å². The molecule has 48 valence electrons. The van der Waals surface area contributed by atoms with Gasteiger partial charge in [0.2, 0.25) is 0 Å². The van der Waals surface area contributed by atoms with Gasteiger partial charge in [-0.2, -0.15) is 0 Å². The van der Waals surface area contributed by atoms with Gasteiger partial charge in [-0.3, -0.25) is 4.79 Å². The molecule has 0 spiro atoms. The molecule has 0 aromatic rings. The number of Topliss-reactive ketones (excluding diaryl/α,β-unsaturated/α-hetero) is 1. The summed E-state index contributed by atoms with van der Waals surface area (Å²) in [6.07, 6.45) is 5.33. The van der Waals surface area contributed by atoms with E-state index >= 15 is 0 Å². The van der Waals surface area contributed by atoms with Crippen molar-refractivity contribution in [1.82, 2.24) is 0 Å². The summed E-state index contributed by atoms with van der Waals surface area (Å²) in [4.78, 5) is 11.0. The molecule has 0 aromatic carbocycles. The molecule has 2 aliphatic carbocycles. The summed E-state index contributed by atoms with van der Waals surface area (Å²) in [6, 6.07) is 0. The number of ketones is 1. The van der Waals surface area contributed by atoms with E-state index in [2.05, 4.69) is 12.2 Å². The van der Waals surface area contributed by atoms with Crippen molar-refractivity contribution in [3.05, 3.63) is 12.2 Å². The molecule has 1 saturated carbocycles. The third-order valence-electron chi connectivity index (χ3n) is 2.60. The zero-order valence-corrected chi connectivity index (χ0v) is 5.50. The highest BCUT2D eigenvalue weighted by atomic mass is 16.1. The van der Waals surface area contributed by atoms with Gasteiger partial charge in [0, 0.05) is 11.8 Å². The van der Waals surface area contributed by atoms with Crippen LogP contribution < -0.4 is 0 Å². The first-order valence-corrected chi connectivity index (χ1v) is 3.51. The number of hydrogen-bond acceptors (Lipinski definition) is 1. The van der Waals surface area contributed by atoms with Gasteiger partial charge in [-0.15, -0.1) is 0 Å². The molecule has 0 bridgehead atoms. The highest BCUT2D eigenvalue weighted by Gasteiger charge is 2.46. The van der Waals surface area contributed by atoms with E-state index in [-0.39, 0.29) is 0 Å². The number of fused-ring (bicyclic) bond motifs is 1. The minimum atomic E-state index is 0.328. The first-order valence-electron chi connectivity index (χ1n) is 3.51. The average Bonchev–Trinajstić information content (AvgIpc) is 2.30. The van der Waals surface area contributed by atoms with Crippen LogP contribution in [0.15, 0.2) is 12.2 Å². The SMILES string of the molecule is C[C@@H]1C(=O)[C@@H]2CC=C[C@H]12. The average molecular weight is 122 g/mol. The molecule has 0 radical (unpaired) electrons. The molecule has 0 saturated heterocycles. The normalized spacial score (nSPS) is 46.8. The van der Waals surface area contributed by atoms with E-state index in [9.17, 15) is 4.79 Å². The first-order chi connectivity index (χ1) is 4.30. The Bertz CT molecular complexity index is 181. The fourth-order valence-corrected chi connectivity index (χ4v) is 1.90. The predicted octanol–water partition coefficient (Wildman–Crippen LogP) is 1.40. The Morgan fingerprint density at radius 1 is 1.67 bits per heavy atom. The van der Waals surface area contributed by atoms with Crippen LogP contribution in [0.3, 0.4) is 0 Å². The molecular weight excluding hydrogens is 112 g/mol. The van der Waals surface area contributed by atoms with Crippen LogP contribution in [0.1, 0.15) is 13.3 Å². The number of allylic oxidation sites excluding steroid dienone is 2.